The number of carbonyl (C=O) groups excluding carboxylic acids is 1. The second-order valence-corrected chi connectivity index (χ2v) is 7.79. The standard InChI is InChI=1S/C21H30N4O2/c1-13(2)6-9-17-14(3)23-24-21(17)19-10-15-7-8-16(11-18(15)22-19)25(4)20(26)12-27-5/h7-8,10,13,16,22H,6,9,11-12H2,1-5H3,(H,23,24). The average molecular weight is 370 g/mol. The van der Waals surface area contributed by atoms with E-state index in [0.717, 1.165) is 42.0 Å². The predicted molar refractivity (Wildman–Crippen MR) is 107 cm³/mol. The third kappa shape index (κ3) is 4.16. The number of nitrogens with one attached hydrogen (secondary N) is 2. The highest BCUT2D eigenvalue weighted by Crippen LogP contribution is 2.30. The van der Waals surface area contributed by atoms with Gasteiger partial charge in [0.05, 0.1) is 11.7 Å². The van der Waals surface area contributed by atoms with Gasteiger partial charge in [-0.05, 0) is 37.3 Å². The number of carbonyl (C=O) groups is 1. The minimum Gasteiger partial charge on any atom is -0.375 e. The van der Waals surface area contributed by atoms with Crippen LogP contribution in [0.1, 0.15) is 42.8 Å². The molecule has 146 valence electrons. The molecule has 0 fully saturated rings. The monoisotopic (exact) mass is 370 g/mol. The topological polar surface area (TPSA) is 74.0 Å². The molecule has 2 aromatic rings. The van der Waals surface area contributed by atoms with Gasteiger partial charge < -0.3 is 14.6 Å². The number of methoxy groups -OCH3 is 1. The van der Waals surface area contributed by atoms with Crippen molar-refractivity contribution in [3.8, 4) is 11.4 Å². The first-order valence-corrected chi connectivity index (χ1v) is 9.59. The van der Waals surface area contributed by atoms with E-state index in [1.54, 1.807) is 12.0 Å². The van der Waals surface area contributed by atoms with E-state index in [-0.39, 0.29) is 18.6 Å². The molecule has 0 aromatic carbocycles. The molecule has 1 atom stereocenters. The third-order valence-electron chi connectivity index (χ3n) is 5.30. The van der Waals surface area contributed by atoms with Crippen molar-refractivity contribution >= 4 is 12.0 Å². The van der Waals surface area contributed by atoms with Gasteiger partial charge in [-0.3, -0.25) is 9.89 Å². The SMILES string of the molecule is COCC(=O)N(C)C1C=Cc2cc(-c3n[nH]c(C)c3CCC(C)C)[nH]c2C1. The summed E-state index contributed by atoms with van der Waals surface area (Å²) in [6, 6.07) is 2.20. The van der Waals surface area contributed by atoms with E-state index in [0.29, 0.717) is 5.92 Å². The van der Waals surface area contributed by atoms with E-state index in [4.69, 9.17) is 4.74 Å². The van der Waals surface area contributed by atoms with Gasteiger partial charge in [-0.25, -0.2) is 0 Å². The molecule has 0 bridgehead atoms. The molecule has 0 saturated carbocycles. The molecule has 2 heterocycles. The van der Waals surface area contributed by atoms with Crippen molar-refractivity contribution in [1.82, 2.24) is 20.1 Å². The second-order valence-electron chi connectivity index (χ2n) is 7.79. The number of fused-ring (bicyclic) bond motifs is 1. The van der Waals surface area contributed by atoms with Gasteiger partial charge in [-0.1, -0.05) is 26.0 Å². The summed E-state index contributed by atoms with van der Waals surface area (Å²) in [6.45, 7) is 6.68. The number of aromatic nitrogens is 3. The number of hydrogen-bond acceptors (Lipinski definition) is 3. The Balaban J connectivity index is 1.80. The summed E-state index contributed by atoms with van der Waals surface area (Å²) in [4.78, 5) is 17.4. The van der Waals surface area contributed by atoms with Gasteiger partial charge in [0.25, 0.3) is 0 Å². The summed E-state index contributed by atoms with van der Waals surface area (Å²) in [5.41, 5.74) is 6.79. The number of ether oxygens (including phenoxy) is 1. The maximum Gasteiger partial charge on any atom is 0.248 e. The second kappa shape index (κ2) is 8.13. The number of hydrogen-bond donors (Lipinski definition) is 2. The molecule has 0 saturated heterocycles. The zero-order chi connectivity index (χ0) is 19.6. The maximum atomic E-state index is 12.1. The van der Waals surface area contributed by atoms with Gasteiger partial charge in [0, 0.05) is 37.5 Å². The van der Waals surface area contributed by atoms with Crippen LogP contribution in [0, 0.1) is 12.8 Å². The van der Waals surface area contributed by atoms with Crippen LogP contribution in [0.3, 0.4) is 0 Å². The zero-order valence-corrected chi connectivity index (χ0v) is 16.9. The summed E-state index contributed by atoms with van der Waals surface area (Å²) in [5, 5.41) is 7.69. The molecule has 0 spiro atoms. The van der Waals surface area contributed by atoms with Crippen LogP contribution in [0.4, 0.5) is 0 Å². The van der Waals surface area contributed by atoms with Crippen LogP contribution in [-0.4, -0.2) is 52.8 Å². The Labute approximate surface area is 161 Å². The lowest BCUT2D eigenvalue weighted by atomic mass is 9.99. The summed E-state index contributed by atoms with van der Waals surface area (Å²) in [7, 11) is 3.37. The van der Waals surface area contributed by atoms with Crippen molar-refractivity contribution in [3.05, 3.63) is 34.7 Å². The summed E-state index contributed by atoms with van der Waals surface area (Å²) >= 11 is 0. The first-order chi connectivity index (χ1) is 12.9. The molecule has 1 aliphatic carbocycles. The fraction of sp³-hybridized carbons (Fsp3) is 0.524. The highest BCUT2D eigenvalue weighted by Gasteiger charge is 2.24. The zero-order valence-electron chi connectivity index (χ0n) is 16.9. The number of amides is 1. The van der Waals surface area contributed by atoms with E-state index < -0.39 is 0 Å². The fourth-order valence-corrected chi connectivity index (χ4v) is 3.54. The third-order valence-corrected chi connectivity index (χ3v) is 5.30. The molecular weight excluding hydrogens is 340 g/mol. The van der Waals surface area contributed by atoms with Crippen LogP contribution in [0.25, 0.3) is 17.5 Å². The van der Waals surface area contributed by atoms with E-state index >= 15 is 0 Å². The Morgan fingerprint density at radius 2 is 2.22 bits per heavy atom. The average Bonchev–Trinajstić information content (AvgIpc) is 3.21. The molecule has 6 nitrogen and oxygen atoms in total. The molecule has 2 aromatic heterocycles. The number of rotatable bonds is 7. The number of likely N-dealkylation sites (N-methyl/N-ethyl adjacent to an activating group) is 1. The van der Waals surface area contributed by atoms with Crippen molar-refractivity contribution < 1.29 is 9.53 Å². The predicted octanol–water partition coefficient (Wildman–Crippen LogP) is 3.34. The van der Waals surface area contributed by atoms with Crippen LogP contribution < -0.4 is 0 Å². The van der Waals surface area contributed by atoms with Crippen molar-refractivity contribution in [2.45, 2.75) is 46.1 Å². The number of aromatic amines is 2. The van der Waals surface area contributed by atoms with E-state index in [1.807, 2.05) is 7.05 Å². The van der Waals surface area contributed by atoms with E-state index in [9.17, 15) is 4.79 Å². The Kier molecular flexibility index (Phi) is 5.85. The van der Waals surface area contributed by atoms with Gasteiger partial charge >= 0.3 is 0 Å². The van der Waals surface area contributed by atoms with Crippen molar-refractivity contribution in [2.24, 2.45) is 5.92 Å². The lowest BCUT2D eigenvalue weighted by Crippen LogP contribution is -2.40. The number of nitrogens with zero attached hydrogens (tertiary/aromatic N) is 2. The first kappa shape index (κ1) is 19.4. The quantitative estimate of drug-likeness (QED) is 0.785. The molecule has 0 radical (unpaired) electrons. The molecule has 0 aliphatic heterocycles. The first-order valence-electron chi connectivity index (χ1n) is 9.59. The molecule has 27 heavy (non-hydrogen) atoms. The Hall–Kier alpha value is -2.34. The largest absolute Gasteiger partial charge is 0.375 e. The van der Waals surface area contributed by atoms with Gasteiger partial charge in [0.15, 0.2) is 0 Å². The van der Waals surface area contributed by atoms with Crippen molar-refractivity contribution in [1.29, 1.82) is 0 Å². The van der Waals surface area contributed by atoms with Crippen LogP contribution in [0.5, 0.6) is 0 Å². The molecule has 2 N–H and O–H groups in total. The van der Waals surface area contributed by atoms with Crippen LogP contribution >= 0.6 is 0 Å². The smallest absolute Gasteiger partial charge is 0.248 e. The highest BCUT2D eigenvalue weighted by atomic mass is 16.5. The molecule has 1 amide bonds. The molecule has 1 unspecified atom stereocenters. The lowest BCUT2D eigenvalue weighted by Gasteiger charge is -2.27. The highest BCUT2D eigenvalue weighted by molar-refractivity contribution is 5.78. The molecule has 3 rings (SSSR count). The van der Waals surface area contributed by atoms with Gasteiger partial charge in [0.2, 0.25) is 5.91 Å². The van der Waals surface area contributed by atoms with Crippen molar-refractivity contribution in [3.63, 3.8) is 0 Å². The fourth-order valence-electron chi connectivity index (χ4n) is 3.54. The Morgan fingerprint density at radius 1 is 1.44 bits per heavy atom. The summed E-state index contributed by atoms with van der Waals surface area (Å²) in [5.74, 6) is 0.647. The minimum atomic E-state index is -0.0127. The molecule has 1 aliphatic rings. The van der Waals surface area contributed by atoms with Crippen LogP contribution in [-0.2, 0) is 22.4 Å². The lowest BCUT2D eigenvalue weighted by molar-refractivity contribution is -0.135. The van der Waals surface area contributed by atoms with Crippen LogP contribution in [0.15, 0.2) is 12.1 Å². The number of aryl methyl sites for hydroxylation is 1. The van der Waals surface area contributed by atoms with Gasteiger partial charge in [-0.2, -0.15) is 5.10 Å². The van der Waals surface area contributed by atoms with Crippen LogP contribution in [0.2, 0.25) is 0 Å². The van der Waals surface area contributed by atoms with Gasteiger partial charge in [0.1, 0.15) is 12.3 Å². The molecular formula is C21H30N4O2. The normalized spacial score (nSPS) is 16.0. The Bertz CT molecular complexity index is 831. The van der Waals surface area contributed by atoms with Crippen molar-refractivity contribution in [2.75, 3.05) is 20.8 Å². The maximum absolute atomic E-state index is 12.1. The summed E-state index contributed by atoms with van der Waals surface area (Å²) < 4.78 is 4.97. The number of H-pyrrole nitrogens is 2. The van der Waals surface area contributed by atoms with Gasteiger partial charge in [-0.15, -0.1) is 0 Å². The molecule has 6 heteroatoms. The Morgan fingerprint density at radius 3 is 2.93 bits per heavy atom. The van der Waals surface area contributed by atoms with E-state index in [1.165, 1.54) is 11.1 Å². The van der Waals surface area contributed by atoms with E-state index in [2.05, 4.69) is 54.2 Å². The summed E-state index contributed by atoms with van der Waals surface area (Å²) in [6.07, 6.45) is 7.10. The minimum absolute atomic E-state index is 0.0127.